The van der Waals surface area contributed by atoms with Gasteiger partial charge in [0.25, 0.3) is 0 Å². The molecule has 1 unspecified atom stereocenters. The molecular formula is C28H30F3N3O3S. The minimum Gasteiger partial charge on any atom is -0.376 e. The molecule has 10 heteroatoms. The van der Waals surface area contributed by atoms with Gasteiger partial charge in [-0.25, -0.2) is 4.79 Å². The molecule has 38 heavy (non-hydrogen) atoms. The van der Waals surface area contributed by atoms with E-state index in [1.807, 2.05) is 49.4 Å². The Balaban J connectivity index is 1.55. The summed E-state index contributed by atoms with van der Waals surface area (Å²) in [6.07, 6.45) is -3.39. The number of benzene rings is 2. The molecule has 1 aliphatic rings. The van der Waals surface area contributed by atoms with Crippen molar-refractivity contribution >= 4 is 29.0 Å². The van der Waals surface area contributed by atoms with E-state index in [-0.39, 0.29) is 30.8 Å². The smallest absolute Gasteiger partial charge is 0.376 e. The van der Waals surface area contributed by atoms with Crippen LogP contribution in [0.25, 0.3) is 0 Å². The maximum atomic E-state index is 13.6. The van der Waals surface area contributed by atoms with E-state index >= 15 is 0 Å². The van der Waals surface area contributed by atoms with Crippen molar-refractivity contribution in [2.45, 2.75) is 45.1 Å². The Labute approximate surface area is 224 Å². The maximum Gasteiger partial charge on any atom is 0.418 e. The number of ether oxygens (including phenoxy) is 1. The van der Waals surface area contributed by atoms with E-state index in [2.05, 4.69) is 5.32 Å². The second-order valence-electron chi connectivity index (χ2n) is 9.24. The van der Waals surface area contributed by atoms with Gasteiger partial charge in [0.05, 0.1) is 23.9 Å². The lowest BCUT2D eigenvalue weighted by molar-refractivity contribution is -0.137. The van der Waals surface area contributed by atoms with Gasteiger partial charge in [0.1, 0.15) is 6.54 Å². The van der Waals surface area contributed by atoms with E-state index in [9.17, 15) is 22.8 Å². The van der Waals surface area contributed by atoms with Gasteiger partial charge in [0, 0.05) is 29.5 Å². The number of para-hydroxylation sites is 1. The van der Waals surface area contributed by atoms with Crippen molar-refractivity contribution in [3.05, 3.63) is 87.6 Å². The van der Waals surface area contributed by atoms with Gasteiger partial charge in [-0.1, -0.05) is 42.5 Å². The Bertz CT molecular complexity index is 1230. The van der Waals surface area contributed by atoms with Crippen LogP contribution < -0.4 is 5.32 Å². The van der Waals surface area contributed by atoms with Gasteiger partial charge in [-0.05, 0) is 49.6 Å². The summed E-state index contributed by atoms with van der Waals surface area (Å²) in [6, 6.07) is 17.5. The van der Waals surface area contributed by atoms with Gasteiger partial charge >= 0.3 is 12.2 Å². The summed E-state index contributed by atoms with van der Waals surface area (Å²) in [6.45, 7) is 3.04. The van der Waals surface area contributed by atoms with Crippen LogP contribution in [0.4, 0.5) is 23.7 Å². The number of rotatable bonds is 9. The second-order valence-corrected chi connectivity index (χ2v) is 10.6. The number of anilines is 1. The maximum absolute atomic E-state index is 13.6. The lowest BCUT2D eigenvalue weighted by Gasteiger charge is -2.29. The Morgan fingerprint density at radius 3 is 2.39 bits per heavy atom. The molecule has 0 spiro atoms. The molecular weight excluding hydrogens is 515 g/mol. The van der Waals surface area contributed by atoms with Crippen LogP contribution in [-0.2, 0) is 28.8 Å². The summed E-state index contributed by atoms with van der Waals surface area (Å²) in [5.41, 5.74) is -0.371. The summed E-state index contributed by atoms with van der Waals surface area (Å²) in [5, 5.41) is 2.38. The number of carbonyl (C=O) groups excluding carboxylic acids is 2. The summed E-state index contributed by atoms with van der Waals surface area (Å²) in [7, 11) is 0. The average molecular weight is 546 g/mol. The van der Waals surface area contributed by atoms with E-state index in [4.69, 9.17) is 4.74 Å². The van der Waals surface area contributed by atoms with Gasteiger partial charge in [0.2, 0.25) is 5.91 Å². The Morgan fingerprint density at radius 2 is 1.74 bits per heavy atom. The number of alkyl halides is 3. The quantitative estimate of drug-likeness (QED) is 0.343. The van der Waals surface area contributed by atoms with Crippen molar-refractivity contribution in [1.82, 2.24) is 9.80 Å². The summed E-state index contributed by atoms with van der Waals surface area (Å²) >= 11 is 1.59. The third-order valence-corrected chi connectivity index (χ3v) is 7.23. The number of urea groups is 1. The molecule has 1 aromatic heterocycles. The van der Waals surface area contributed by atoms with Crippen LogP contribution in [0.2, 0.25) is 0 Å². The summed E-state index contributed by atoms with van der Waals surface area (Å²) < 4.78 is 46.2. The predicted octanol–water partition coefficient (Wildman–Crippen LogP) is 6.32. The molecule has 1 aliphatic heterocycles. The van der Waals surface area contributed by atoms with Gasteiger partial charge < -0.3 is 19.9 Å². The Kier molecular flexibility index (Phi) is 9.06. The molecule has 3 aromatic rings. The monoisotopic (exact) mass is 545 g/mol. The van der Waals surface area contributed by atoms with Crippen LogP contribution >= 0.6 is 11.3 Å². The molecule has 6 nitrogen and oxygen atoms in total. The zero-order chi connectivity index (χ0) is 27.1. The Morgan fingerprint density at radius 1 is 1.00 bits per heavy atom. The molecule has 1 fully saturated rings. The van der Waals surface area contributed by atoms with Gasteiger partial charge in [-0.15, -0.1) is 11.3 Å². The molecule has 1 atom stereocenters. The zero-order valence-electron chi connectivity index (χ0n) is 21.0. The first-order chi connectivity index (χ1) is 18.2. The summed E-state index contributed by atoms with van der Waals surface area (Å²) in [5.74, 6) is -0.308. The van der Waals surface area contributed by atoms with Crippen molar-refractivity contribution in [2.24, 2.45) is 0 Å². The molecule has 2 heterocycles. The highest BCUT2D eigenvalue weighted by Crippen LogP contribution is 2.34. The number of nitrogens with one attached hydrogen (secondary N) is 1. The fourth-order valence-electron chi connectivity index (χ4n) is 4.34. The van der Waals surface area contributed by atoms with Crippen LogP contribution in [0.5, 0.6) is 0 Å². The minimum absolute atomic E-state index is 0.100. The van der Waals surface area contributed by atoms with E-state index in [1.54, 1.807) is 16.2 Å². The van der Waals surface area contributed by atoms with Crippen LogP contribution in [0.1, 0.15) is 33.7 Å². The highest BCUT2D eigenvalue weighted by Gasteiger charge is 2.34. The van der Waals surface area contributed by atoms with Crippen LogP contribution in [-0.4, -0.2) is 47.5 Å². The number of amides is 3. The van der Waals surface area contributed by atoms with E-state index < -0.39 is 17.8 Å². The fourth-order valence-corrected chi connectivity index (χ4v) is 5.25. The Hall–Kier alpha value is -3.37. The molecule has 1 N–H and O–H groups in total. The molecule has 202 valence electrons. The first-order valence-corrected chi connectivity index (χ1v) is 13.2. The minimum atomic E-state index is -4.63. The first-order valence-electron chi connectivity index (χ1n) is 12.4. The van der Waals surface area contributed by atoms with Crippen LogP contribution in [0.15, 0.2) is 66.7 Å². The molecule has 3 amide bonds. The SMILES string of the molecule is Cc1ccc(CN(Cc2ccccc2)C(=O)CN(CC2CCCO2)C(=O)Nc2ccccc2C(F)(F)F)s1. The number of hydrogen-bond acceptors (Lipinski definition) is 4. The van der Waals surface area contributed by atoms with Gasteiger partial charge in [-0.2, -0.15) is 13.2 Å². The number of thiophene rings is 1. The van der Waals surface area contributed by atoms with Gasteiger partial charge in [-0.3, -0.25) is 4.79 Å². The molecule has 0 aliphatic carbocycles. The average Bonchev–Trinajstić information content (AvgIpc) is 3.55. The summed E-state index contributed by atoms with van der Waals surface area (Å²) in [4.78, 5) is 31.9. The van der Waals surface area contributed by atoms with Crippen molar-refractivity contribution in [1.29, 1.82) is 0 Å². The number of aryl methyl sites for hydroxylation is 1. The molecule has 0 saturated carbocycles. The number of carbonyl (C=O) groups is 2. The molecule has 1 saturated heterocycles. The molecule has 0 radical (unpaired) electrons. The highest BCUT2D eigenvalue weighted by molar-refractivity contribution is 7.11. The first kappa shape index (κ1) is 27.7. The third kappa shape index (κ3) is 7.58. The number of hydrogen-bond donors (Lipinski definition) is 1. The van der Waals surface area contributed by atoms with E-state index in [0.717, 1.165) is 27.8 Å². The van der Waals surface area contributed by atoms with Crippen molar-refractivity contribution in [2.75, 3.05) is 25.0 Å². The van der Waals surface area contributed by atoms with Crippen molar-refractivity contribution in [3.8, 4) is 0 Å². The van der Waals surface area contributed by atoms with Crippen LogP contribution in [0, 0.1) is 6.92 Å². The topological polar surface area (TPSA) is 61.9 Å². The molecule has 4 rings (SSSR count). The largest absolute Gasteiger partial charge is 0.418 e. The number of halogens is 3. The number of nitrogens with zero attached hydrogens (tertiary/aromatic N) is 2. The van der Waals surface area contributed by atoms with Crippen molar-refractivity contribution < 1.29 is 27.5 Å². The fraction of sp³-hybridized carbons (Fsp3) is 0.357. The standard InChI is InChI=1S/C28H30F3N3O3S/c1-20-13-14-23(38-20)18-33(16-21-8-3-2-4-9-21)26(35)19-34(17-22-10-7-15-37-22)27(36)32-25-12-6-5-11-24(25)28(29,30)31/h2-6,8-9,11-14,22H,7,10,15-19H2,1H3,(H,32,36). The van der Waals surface area contributed by atoms with Crippen molar-refractivity contribution in [3.63, 3.8) is 0 Å². The van der Waals surface area contributed by atoms with E-state index in [0.29, 0.717) is 26.1 Å². The highest BCUT2D eigenvalue weighted by atomic mass is 32.1. The molecule has 0 bridgehead atoms. The zero-order valence-corrected chi connectivity index (χ0v) is 21.9. The normalized spacial score (nSPS) is 15.3. The lowest BCUT2D eigenvalue weighted by Crippen LogP contribution is -2.47. The van der Waals surface area contributed by atoms with Crippen LogP contribution in [0.3, 0.4) is 0 Å². The van der Waals surface area contributed by atoms with E-state index in [1.165, 1.54) is 23.1 Å². The second kappa shape index (κ2) is 12.4. The third-order valence-electron chi connectivity index (χ3n) is 6.25. The lowest BCUT2D eigenvalue weighted by atomic mass is 10.1. The predicted molar refractivity (Wildman–Crippen MR) is 141 cm³/mol. The molecule has 2 aromatic carbocycles. The van der Waals surface area contributed by atoms with Gasteiger partial charge in [0.15, 0.2) is 0 Å².